The van der Waals surface area contributed by atoms with E-state index in [1.54, 1.807) is 49.5 Å². The normalized spacial score (nSPS) is 10.8. The summed E-state index contributed by atoms with van der Waals surface area (Å²) in [6, 6.07) is 19.6. The molecule has 4 nitrogen and oxygen atoms in total. The quantitative estimate of drug-likeness (QED) is 0.335. The maximum Gasteiger partial charge on any atom is 0.196 e. The maximum atomic E-state index is 13.3. The number of carbonyl (C=O) groups excluding carboxylic acids is 2. The Morgan fingerprint density at radius 2 is 1.58 bits per heavy atom. The number of hydrogen-bond donors (Lipinski definition) is 1. The third-order valence-electron chi connectivity index (χ3n) is 4.86. The number of benzene rings is 3. The highest BCUT2D eigenvalue weighted by molar-refractivity contribution is 6.32. The summed E-state index contributed by atoms with van der Waals surface area (Å²) in [5.41, 5.74) is 3.97. The molecule has 0 amide bonds. The van der Waals surface area contributed by atoms with Gasteiger partial charge in [-0.15, -0.1) is 0 Å². The molecular weight excluding hydrogens is 431 g/mol. The lowest BCUT2D eigenvalue weighted by molar-refractivity contribution is -0.116. The van der Waals surface area contributed by atoms with Crippen LogP contribution in [0.2, 0.25) is 10.0 Å². The van der Waals surface area contributed by atoms with Gasteiger partial charge in [0.05, 0.1) is 16.8 Å². The van der Waals surface area contributed by atoms with Crippen LogP contribution in [0.5, 0.6) is 0 Å². The summed E-state index contributed by atoms with van der Waals surface area (Å²) in [6.07, 6.45) is 1.95. The molecule has 0 saturated heterocycles. The first-order valence-corrected chi connectivity index (χ1v) is 10.4. The fourth-order valence-electron chi connectivity index (χ4n) is 3.37. The minimum atomic E-state index is -0.179. The van der Waals surface area contributed by atoms with E-state index in [1.807, 2.05) is 30.3 Å². The number of Topliss-reactive ketones (excluding diaryl/α,β-unsaturated/α-hetero) is 1. The Hall–Kier alpha value is -3.21. The summed E-state index contributed by atoms with van der Waals surface area (Å²) in [6.45, 7) is 1.56. The van der Waals surface area contributed by atoms with Gasteiger partial charge in [0.15, 0.2) is 5.78 Å². The highest BCUT2D eigenvalue weighted by Gasteiger charge is 2.18. The van der Waals surface area contributed by atoms with E-state index in [0.29, 0.717) is 38.8 Å². The van der Waals surface area contributed by atoms with E-state index in [2.05, 4.69) is 10.3 Å². The number of hydrogen-bond acceptors (Lipinski definition) is 4. The van der Waals surface area contributed by atoms with Crippen LogP contribution in [0.3, 0.4) is 0 Å². The average molecular weight is 449 g/mol. The minimum absolute atomic E-state index is 0.103. The Morgan fingerprint density at radius 3 is 2.26 bits per heavy atom. The van der Waals surface area contributed by atoms with Gasteiger partial charge in [0.2, 0.25) is 0 Å². The van der Waals surface area contributed by atoms with Crippen molar-refractivity contribution in [2.45, 2.75) is 13.3 Å². The number of rotatable bonds is 6. The molecule has 1 aromatic heterocycles. The van der Waals surface area contributed by atoms with Gasteiger partial charge in [-0.25, -0.2) is 0 Å². The van der Waals surface area contributed by atoms with Crippen LogP contribution >= 0.6 is 23.2 Å². The van der Waals surface area contributed by atoms with Crippen LogP contribution in [0, 0.1) is 0 Å². The van der Waals surface area contributed by atoms with Gasteiger partial charge in [0.25, 0.3) is 0 Å². The Kier molecular flexibility index (Phi) is 6.03. The zero-order valence-corrected chi connectivity index (χ0v) is 18.2. The number of carbonyl (C=O) groups is 2. The topological polar surface area (TPSA) is 59.1 Å². The molecule has 0 aliphatic heterocycles. The Balaban J connectivity index is 1.80. The van der Waals surface area contributed by atoms with Gasteiger partial charge in [0.1, 0.15) is 5.78 Å². The minimum Gasteiger partial charge on any atom is -0.354 e. The van der Waals surface area contributed by atoms with E-state index in [4.69, 9.17) is 23.2 Å². The van der Waals surface area contributed by atoms with E-state index >= 15 is 0 Å². The van der Waals surface area contributed by atoms with Crippen LogP contribution in [0.15, 0.2) is 72.9 Å². The van der Waals surface area contributed by atoms with E-state index in [0.717, 1.165) is 16.6 Å². The molecule has 0 aliphatic rings. The van der Waals surface area contributed by atoms with Crippen LogP contribution in [0.4, 0.5) is 11.4 Å². The number of halogens is 2. The van der Waals surface area contributed by atoms with Crippen LogP contribution in [-0.2, 0) is 11.2 Å². The maximum absolute atomic E-state index is 13.3. The molecule has 4 rings (SSSR count). The number of anilines is 2. The van der Waals surface area contributed by atoms with Gasteiger partial charge in [-0.3, -0.25) is 14.6 Å². The third kappa shape index (κ3) is 4.76. The highest BCUT2D eigenvalue weighted by Crippen LogP contribution is 2.32. The molecule has 0 spiro atoms. The largest absolute Gasteiger partial charge is 0.354 e. The summed E-state index contributed by atoms with van der Waals surface area (Å²) in [5.74, 6) is -0.0759. The zero-order valence-electron chi connectivity index (χ0n) is 16.7. The third-order valence-corrected chi connectivity index (χ3v) is 5.34. The van der Waals surface area contributed by atoms with E-state index in [-0.39, 0.29) is 11.6 Å². The fourth-order valence-corrected chi connectivity index (χ4v) is 3.66. The molecule has 0 radical (unpaired) electrons. The number of fused-ring (bicyclic) bond motifs is 1. The van der Waals surface area contributed by atoms with Crippen LogP contribution < -0.4 is 5.32 Å². The van der Waals surface area contributed by atoms with Crippen molar-refractivity contribution in [2.75, 3.05) is 5.32 Å². The van der Waals surface area contributed by atoms with Crippen LogP contribution in [0.25, 0.3) is 10.9 Å². The molecule has 6 heteroatoms. The molecular formula is C25H18Cl2N2O2. The highest BCUT2D eigenvalue weighted by atomic mass is 35.5. The molecule has 1 N–H and O–H groups in total. The summed E-state index contributed by atoms with van der Waals surface area (Å²) >= 11 is 12.2. The standard InChI is InChI=1S/C25H18Cl2N2O2/c1-15(30)12-16-2-9-20(10-3-16)29-24-21-13-19(27)8-11-23(21)28-14-22(24)25(31)17-4-6-18(26)7-5-17/h2-11,13-14H,12H2,1H3,(H,28,29). The second-order valence-electron chi connectivity index (χ2n) is 7.25. The van der Waals surface area contributed by atoms with E-state index in [9.17, 15) is 9.59 Å². The van der Waals surface area contributed by atoms with Gasteiger partial charge < -0.3 is 5.32 Å². The molecule has 0 unspecified atom stereocenters. The monoisotopic (exact) mass is 448 g/mol. The predicted octanol–water partition coefficient (Wildman–Crippen LogP) is 6.65. The lowest BCUT2D eigenvalue weighted by Crippen LogP contribution is -2.07. The molecule has 3 aromatic carbocycles. The molecule has 1 heterocycles. The number of nitrogens with zero attached hydrogens (tertiary/aromatic N) is 1. The number of ketones is 2. The lowest BCUT2D eigenvalue weighted by atomic mass is 10.0. The second kappa shape index (κ2) is 8.88. The number of pyridine rings is 1. The van der Waals surface area contributed by atoms with Gasteiger partial charge in [-0.1, -0.05) is 35.3 Å². The van der Waals surface area contributed by atoms with Crippen molar-refractivity contribution in [3.63, 3.8) is 0 Å². The first-order valence-electron chi connectivity index (χ1n) is 9.64. The van der Waals surface area contributed by atoms with Crippen molar-refractivity contribution in [1.82, 2.24) is 4.98 Å². The molecule has 4 aromatic rings. The Bertz CT molecular complexity index is 1280. The van der Waals surface area contributed by atoms with Crippen molar-refractivity contribution in [3.05, 3.63) is 99.7 Å². The Labute approximate surface area is 189 Å². The molecule has 0 aliphatic carbocycles. The van der Waals surface area contributed by atoms with Crippen molar-refractivity contribution in [3.8, 4) is 0 Å². The fraction of sp³-hybridized carbons (Fsp3) is 0.0800. The smallest absolute Gasteiger partial charge is 0.196 e. The average Bonchev–Trinajstić information content (AvgIpc) is 2.75. The predicted molar refractivity (Wildman–Crippen MR) is 126 cm³/mol. The van der Waals surface area contributed by atoms with Crippen molar-refractivity contribution in [2.24, 2.45) is 0 Å². The number of aromatic nitrogens is 1. The van der Waals surface area contributed by atoms with Gasteiger partial charge in [0, 0.05) is 39.3 Å². The summed E-state index contributed by atoms with van der Waals surface area (Å²) in [5, 5.41) is 5.20. The van der Waals surface area contributed by atoms with Crippen molar-refractivity contribution >= 4 is 57.0 Å². The van der Waals surface area contributed by atoms with E-state index in [1.165, 1.54) is 0 Å². The number of nitrogens with one attached hydrogen (secondary N) is 1. The molecule has 154 valence electrons. The first kappa shape index (κ1) is 21.0. The first-order chi connectivity index (χ1) is 14.9. The molecule has 31 heavy (non-hydrogen) atoms. The Morgan fingerprint density at radius 1 is 0.903 bits per heavy atom. The summed E-state index contributed by atoms with van der Waals surface area (Å²) in [4.78, 5) is 29.1. The molecule has 0 atom stereocenters. The molecule has 0 saturated carbocycles. The van der Waals surface area contributed by atoms with Gasteiger partial charge in [-0.2, -0.15) is 0 Å². The van der Waals surface area contributed by atoms with Crippen molar-refractivity contribution in [1.29, 1.82) is 0 Å². The zero-order chi connectivity index (χ0) is 22.0. The lowest BCUT2D eigenvalue weighted by Gasteiger charge is -2.15. The van der Waals surface area contributed by atoms with Crippen LogP contribution in [0.1, 0.15) is 28.4 Å². The summed E-state index contributed by atoms with van der Waals surface area (Å²) < 4.78 is 0. The summed E-state index contributed by atoms with van der Waals surface area (Å²) in [7, 11) is 0. The molecule has 0 bridgehead atoms. The second-order valence-corrected chi connectivity index (χ2v) is 8.12. The SMILES string of the molecule is CC(=O)Cc1ccc(Nc2c(C(=O)c3ccc(Cl)cc3)cnc3ccc(Cl)cc23)cc1. The molecule has 0 fully saturated rings. The van der Waals surface area contributed by atoms with Gasteiger partial charge >= 0.3 is 0 Å². The van der Waals surface area contributed by atoms with Crippen molar-refractivity contribution < 1.29 is 9.59 Å². The van der Waals surface area contributed by atoms with Gasteiger partial charge in [-0.05, 0) is 67.1 Å². The van der Waals surface area contributed by atoms with E-state index < -0.39 is 0 Å². The van der Waals surface area contributed by atoms with Crippen LogP contribution in [-0.4, -0.2) is 16.6 Å².